The maximum Gasteiger partial charge on any atom is 0.431 e. The van der Waals surface area contributed by atoms with Gasteiger partial charge in [0.05, 0.1) is 6.54 Å². The molecular weight excluding hydrogens is 467 g/mol. The number of benzene rings is 2. The van der Waals surface area contributed by atoms with Crippen molar-refractivity contribution in [2.75, 3.05) is 7.05 Å². The van der Waals surface area contributed by atoms with Gasteiger partial charge in [-0.3, -0.25) is 4.79 Å². The zero-order valence-electron chi connectivity index (χ0n) is 18.4. The molecule has 0 radical (unpaired) electrons. The third-order valence-electron chi connectivity index (χ3n) is 5.35. The number of halogens is 4. The van der Waals surface area contributed by atoms with Crippen LogP contribution in [0.2, 0.25) is 5.02 Å². The summed E-state index contributed by atoms with van der Waals surface area (Å²) in [5, 5.41) is 4.33. The molecule has 0 aliphatic rings. The van der Waals surface area contributed by atoms with Crippen molar-refractivity contribution in [2.24, 2.45) is 0 Å². The smallest absolute Gasteiger partial charge is 0.361 e. The fourth-order valence-corrected chi connectivity index (χ4v) is 3.91. The molecule has 34 heavy (non-hydrogen) atoms. The van der Waals surface area contributed by atoms with Crippen LogP contribution in [0.5, 0.6) is 0 Å². The highest BCUT2D eigenvalue weighted by molar-refractivity contribution is 6.30. The van der Waals surface area contributed by atoms with Gasteiger partial charge in [-0.15, -0.1) is 0 Å². The monoisotopic (exact) mass is 487 g/mol. The number of alkyl halides is 3. The van der Waals surface area contributed by atoms with Crippen LogP contribution in [-0.2, 0) is 19.3 Å². The Balaban J connectivity index is 1.87. The maximum absolute atomic E-state index is 14.1. The van der Waals surface area contributed by atoms with Gasteiger partial charge in [0.25, 0.3) is 5.91 Å². The summed E-state index contributed by atoms with van der Waals surface area (Å²) in [5.74, 6) is 0.00143. The van der Waals surface area contributed by atoms with Crippen molar-refractivity contribution in [1.29, 1.82) is 0 Å². The molecule has 176 valence electrons. The largest absolute Gasteiger partial charge is 0.431 e. The van der Waals surface area contributed by atoms with Crippen LogP contribution in [0.15, 0.2) is 71.3 Å². The summed E-state index contributed by atoms with van der Waals surface area (Å²) < 4.78 is 48.5. The van der Waals surface area contributed by atoms with Gasteiger partial charge in [0, 0.05) is 30.2 Å². The molecule has 0 unspecified atom stereocenters. The third kappa shape index (κ3) is 5.02. The van der Waals surface area contributed by atoms with Crippen LogP contribution < -0.4 is 0 Å². The van der Waals surface area contributed by atoms with E-state index in [-0.39, 0.29) is 24.3 Å². The number of carbonyl (C=O) groups is 1. The first kappa shape index (κ1) is 23.6. The predicted molar refractivity (Wildman–Crippen MR) is 122 cm³/mol. The zero-order chi connectivity index (χ0) is 24.5. The Morgan fingerprint density at radius 3 is 2.35 bits per heavy atom. The van der Waals surface area contributed by atoms with E-state index in [0.29, 0.717) is 27.6 Å². The minimum absolute atomic E-state index is 0.0683. The highest BCUT2D eigenvalue weighted by Crippen LogP contribution is 2.38. The first-order chi connectivity index (χ1) is 16.1. The highest BCUT2D eigenvalue weighted by atomic mass is 35.5. The van der Waals surface area contributed by atoms with E-state index in [1.807, 2.05) is 0 Å². The van der Waals surface area contributed by atoms with Gasteiger partial charge in [0.15, 0.2) is 0 Å². The van der Waals surface area contributed by atoms with Gasteiger partial charge in [0.1, 0.15) is 22.8 Å². The van der Waals surface area contributed by atoms with E-state index >= 15 is 0 Å². The number of carbonyl (C=O) groups excluding carboxylic acids is 1. The van der Waals surface area contributed by atoms with E-state index < -0.39 is 17.8 Å². The molecule has 4 aromatic rings. The molecule has 2 heterocycles. The van der Waals surface area contributed by atoms with E-state index in [1.54, 1.807) is 67.6 Å². The zero-order valence-corrected chi connectivity index (χ0v) is 19.2. The summed E-state index contributed by atoms with van der Waals surface area (Å²) in [6.45, 7) is 1.67. The van der Waals surface area contributed by atoms with Gasteiger partial charge in [-0.1, -0.05) is 59.2 Å². The second kappa shape index (κ2) is 9.38. The Hall–Kier alpha value is -3.52. The van der Waals surface area contributed by atoms with E-state index in [4.69, 9.17) is 16.1 Å². The summed E-state index contributed by atoms with van der Waals surface area (Å²) >= 11 is 5.98. The molecule has 0 spiro atoms. The molecule has 0 saturated heterocycles. The minimum Gasteiger partial charge on any atom is -0.361 e. The van der Waals surface area contributed by atoms with Gasteiger partial charge >= 0.3 is 6.18 Å². The molecule has 5 nitrogen and oxygen atoms in total. The second-order valence-corrected chi connectivity index (χ2v) is 8.39. The van der Waals surface area contributed by atoms with Gasteiger partial charge < -0.3 is 14.0 Å². The van der Waals surface area contributed by atoms with Crippen LogP contribution in [0, 0.1) is 6.92 Å². The molecule has 0 atom stereocenters. The molecule has 2 aromatic heterocycles. The number of rotatable bonds is 6. The van der Waals surface area contributed by atoms with Crippen LogP contribution in [0.3, 0.4) is 0 Å². The fraction of sp³-hybridized carbons (Fsp3) is 0.200. The van der Waals surface area contributed by atoms with E-state index in [0.717, 1.165) is 10.6 Å². The normalized spacial score (nSPS) is 11.6. The Morgan fingerprint density at radius 2 is 1.76 bits per heavy atom. The quantitative estimate of drug-likeness (QED) is 0.314. The van der Waals surface area contributed by atoms with Crippen molar-refractivity contribution in [3.05, 3.63) is 100 Å². The molecule has 2 aromatic carbocycles. The number of nitrogens with zero attached hydrogens (tertiary/aromatic N) is 3. The summed E-state index contributed by atoms with van der Waals surface area (Å²) in [7, 11) is 1.52. The predicted octanol–water partition coefficient (Wildman–Crippen LogP) is 6.44. The molecule has 0 aliphatic carbocycles. The number of hydrogen-bond donors (Lipinski definition) is 0. The molecule has 1 amide bonds. The molecule has 0 bridgehead atoms. The minimum atomic E-state index is -4.67. The van der Waals surface area contributed by atoms with Crippen LogP contribution in [0.1, 0.15) is 33.2 Å². The number of hydrogen-bond acceptors (Lipinski definition) is 3. The topological polar surface area (TPSA) is 51.3 Å². The van der Waals surface area contributed by atoms with E-state index in [9.17, 15) is 18.0 Å². The van der Waals surface area contributed by atoms with Crippen LogP contribution >= 0.6 is 11.6 Å². The second-order valence-electron chi connectivity index (χ2n) is 7.96. The SMILES string of the molecule is Cc1cc(CN(C)C(=O)c2c(-c3ccc(Cl)cc3)cc(C(F)(F)F)n2Cc2ccccc2)no1. The Labute approximate surface area is 199 Å². The lowest BCUT2D eigenvalue weighted by Gasteiger charge is -2.20. The number of aromatic nitrogens is 2. The van der Waals surface area contributed by atoms with Crippen molar-refractivity contribution < 1.29 is 22.5 Å². The fourth-order valence-electron chi connectivity index (χ4n) is 3.78. The lowest BCUT2D eigenvalue weighted by molar-refractivity contribution is -0.143. The Kier molecular flexibility index (Phi) is 6.52. The molecule has 0 saturated carbocycles. The molecule has 0 aliphatic heterocycles. The molecule has 9 heteroatoms. The molecule has 0 N–H and O–H groups in total. The number of aryl methyl sites for hydroxylation is 1. The van der Waals surface area contributed by atoms with Crippen molar-refractivity contribution in [2.45, 2.75) is 26.2 Å². The maximum atomic E-state index is 14.1. The van der Waals surface area contributed by atoms with E-state index in [2.05, 4.69) is 5.16 Å². The van der Waals surface area contributed by atoms with Gasteiger partial charge in [-0.05, 0) is 36.2 Å². The number of amides is 1. The Bertz CT molecular complexity index is 1300. The lowest BCUT2D eigenvalue weighted by atomic mass is 10.0. The first-order valence-corrected chi connectivity index (χ1v) is 10.8. The standard InChI is InChI=1S/C25H21ClF3N3O2/c1-16-12-20(30-34-16)15-31(2)24(33)23-21(18-8-10-19(26)11-9-18)13-22(25(27,28)29)32(23)14-17-6-4-3-5-7-17/h3-13H,14-15H2,1-2H3. The van der Waals surface area contributed by atoms with Crippen molar-refractivity contribution in [3.63, 3.8) is 0 Å². The summed E-state index contributed by atoms with van der Waals surface area (Å²) in [6, 6.07) is 17.8. The van der Waals surface area contributed by atoms with Gasteiger partial charge in [-0.25, -0.2) is 0 Å². The van der Waals surface area contributed by atoms with Crippen molar-refractivity contribution in [3.8, 4) is 11.1 Å². The first-order valence-electron chi connectivity index (χ1n) is 10.4. The Morgan fingerprint density at radius 1 is 1.09 bits per heavy atom. The van der Waals surface area contributed by atoms with Gasteiger partial charge in [0.2, 0.25) is 0 Å². The third-order valence-corrected chi connectivity index (χ3v) is 5.60. The van der Waals surface area contributed by atoms with Crippen molar-refractivity contribution in [1.82, 2.24) is 14.6 Å². The van der Waals surface area contributed by atoms with Gasteiger partial charge in [-0.2, -0.15) is 13.2 Å². The summed E-state index contributed by atoms with van der Waals surface area (Å²) in [6.07, 6.45) is -4.67. The summed E-state index contributed by atoms with van der Waals surface area (Å²) in [5.41, 5.74) is 0.786. The average molecular weight is 488 g/mol. The summed E-state index contributed by atoms with van der Waals surface area (Å²) in [4.78, 5) is 14.9. The van der Waals surface area contributed by atoms with E-state index in [1.165, 1.54) is 11.9 Å². The highest BCUT2D eigenvalue weighted by Gasteiger charge is 2.38. The molecule has 0 fully saturated rings. The van der Waals surface area contributed by atoms with Crippen LogP contribution in [-0.4, -0.2) is 27.6 Å². The van der Waals surface area contributed by atoms with Crippen molar-refractivity contribution >= 4 is 17.5 Å². The van der Waals surface area contributed by atoms with Crippen LogP contribution in [0.25, 0.3) is 11.1 Å². The van der Waals surface area contributed by atoms with Crippen LogP contribution in [0.4, 0.5) is 13.2 Å². The molecule has 4 rings (SSSR count). The lowest BCUT2D eigenvalue weighted by Crippen LogP contribution is -2.30. The molecular formula is C25H21ClF3N3O2. The average Bonchev–Trinajstić information content (AvgIpc) is 3.37.